The van der Waals surface area contributed by atoms with Gasteiger partial charge in [0, 0.05) is 54.1 Å². The lowest BCUT2D eigenvalue weighted by Gasteiger charge is -2.47. The summed E-state index contributed by atoms with van der Waals surface area (Å²) in [6.07, 6.45) is 1.15. The zero-order valence-corrected chi connectivity index (χ0v) is 27.8. The fourth-order valence-electron chi connectivity index (χ4n) is 6.45. The first-order valence-electron chi connectivity index (χ1n) is 15.9. The van der Waals surface area contributed by atoms with E-state index >= 15 is 4.39 Å². The summed E-state index contributed by atoms with van der Waals surface area (Å²) >= 11 is 2.59. The number of morpholine rings is 1. The molecule has 1 atom stereocenters. The highest BCUT2D eigenvalue weighted by Crippen LogP contribution is 2.33. The maximum atomic E-state index is 15.6. The summed E-state index contributed by atoms with van der Waals surface area (Å²) in [7, 11) is 0. The third-order valence-corrected chi connectivity index (χ3v) is 11.3. The molecule has 2 saturated heterocycles. The number of ether oxygens (including phenoxy) is 1. The number of thiophene rings is 1. The molecule has 0 bridgehead atoms. The summed E-state index contributed by atoms with van der Waals surface area (Å²) in [6.45, 7) is 8.71. The summed E-state index contributed by atoms with van der Waals surface area (Å²) in [6, 6.07) is 10.6. The van der Waals surface area contributed by atoms with Crippen LogP contribution in [0.25, 0.3) is 10.2 Å². The molecule has 1 amide bonds. The molecule has 2 aliphatic heterocycles. The van der Waals surface area contributed by atoms with E-state index in [1.54, 1.807) is 23.5 Å². The predicted octanol–water partition coefficient (Wildman–Crippen LogP) is 4.99. The van der Waals surface area contributed by atoms with E-state index in [1.807, 2.05) is 28.5 Å². The van der Waals surface area contributed by atoms with Crippen LogP contribution in [0.5, 0.6) is 5.75 Å². The quantitative estimate of drug-likeness (QED) is 0.176. The number of aliphatic hydroxyl groups is 1. The molecule has 0 unspecified atom stereocenters. The first kappa shape index (κ1) is 32.8. The van der Waals surface area contributed by atoms with Crippen molar-refractivity contribution in [1.29, 1.82) is 0 Å². The number of piperidine rings is 1. The second-order valence-corrected chi connectivity index (χ2v) is 14.6. The van der Waals surface area contributed by atoms with Crippen LogP contribution in [0.15, 0.2) is 46.6 Å². The zero-order valence-electron chi connectivity index (χ0n) is 26.2. The number of phenolic OH excluding ortho intramolecular Hbond substituents is 1. The fourth-order valence-corrected chi connectivity index (χ4v) is 8.27. The van der Waals surface area contributed by atoms with Crippen molar-refractivity contribution in [3.63, 3.8) is 0 Å². The second kappa shape index (κ2) is 13.9. The van der Waals surface area contributed by atoms with Crippen molar-refractivity contribution in [2.45, 2.75) is 57.3 Å². The van der Waals surface area contributed by atoms with Crippen molar-refractivity contribution in [2.24, 2.45) is 0 Å². The highest BCUT2D eigenvalue weighted by Gasteiger charge is 2.41. The lowest BCUT2D eigenvalue weighted by molar-refractivity contribution is -0.128. The number of thiazole rings is 1. The maximum Gasteiger partial charge on any atom is 0.305 e. The minimum atomic E-state index is -0.889. The number of halogens is 1. The average Bonchev–Trinajstić information content (AvgIpc) is 3.70. The van der Waals surface area contributed by atoms with Gasteiger partial charge in [-0.1, -0.05) is 49.4 Å². The standard InChI is InChI=1S/C34H41FN4O5S2/c1-21(2)28-16-24(19-45-28)32(42)39-14-15-44-34(20-39)9-12-38(13-10-34)18-23-5-3-4-22(29(23)35)8-11-36-17-27(41)25-6-7-26(40)30-31(25)46-33(43)37-30/h3-7,16,19,21,27,36,40-41H,8-15,17-18,20H2,1-2H3,(H,37,43)/t27-/m0/s1. The summed E-state index contributed by atoms with van der Waals surface area (Å²) < 4.78 is 22.4. The molecule has 246 valence electrons. The lowest BCUT2D eigenvalue weighted by Crippen LogP contribution is -2.57. The number of phenols is 1. The monoisotopic (exact) mass is 668 g/mol. The molecular formula is C34H41FN4O5S2. The van der Waals surface area contributed by atoms with Crippen LogP contribution in [0.1, 0.15) is 70.6 Å². The van der Waals surface area contributed by atoms with Gasteiger partial charge in [0.25, 0.3) is 5.91 Å². The minimum absolute atomic E-state index is 0.0351. The molecule has 2 aliphatic rings. The van der Waals surface area contributed by atoms with Gasteiger partial charge in [0.2, 0.25) is 0 Å². The minimum Gasteiger partial charge on any atom is -0.506 e. The number of benzene rings is 2. The van der Waals surface area contributed by atoms with Crippen molar-refractivity contribution in [3.8, 4) is 5.75 Å². The van der Waals surface area contributed by atoms with Crippen molar-refractivity contribution >= 4 is 38.8 Å². The molecule has 2 aromatic heterocycles. The number of carbonyl (C=O) groups excluding carboxylic acids is 1. The molecule has 4 aromatic rings. The number of aromatic amines is 1. The van der Waals surface area contributed by atoms with Gasteiger partial charge in [-0.05, 0) is 49.4 Å². The van der Waals surface area contributed by atoms with Gasteiger partial charge in [-0.25, -0.2) is 4.39 Å². The van der Waals surface area contributed by atoms with E-state index < -0.39 is 6.10 Å². The van der Waals surface area contributed by atoms with Crippen molar-refractivity contribution in [3.05, 3.63) is 84.4 Å². The number of hydrogen-bond acceptors (Lipinski definition) is 9. The van der Waals surface area contributed by atoms with E-state index in [0.29, 0.717) is 72.0 Å². The van der Waals surface area contributed by atoms with Crippen molar-refractivity contribution in [2.75, 3.05) is 45.9 Å². The van der Waals surface area contributed by atoms with Crippen LogP contribution in [0.4, 0.5) is 4.39 Å². The Labute approximate surface area is 275 Å². The third kappa shape index (κ3) is 7.07. The molecule has 2 aromatic carbocycles. The number of fused-ring (bicyclic) bond motifs is 1. The maximum absolute atomic E-state index is 15.6. The van der Waals surface area contributed by atoms with Crippen LogP contribution < -0.4 is 10.2 Å². The average molecular weight is 669 g/mol. The summed E-state index contributed by atoms with van der Waals surface area (Å²) in [5.41, 5.74) is 2.56. The van der Waals surface area contributed by atoms with Gasteiger partial charge in [-0.2, -0.15) is 0 Å². The first-order valence-corrected chi connectivity index (χ1v) is 17.6. The molecule has 9 nitrogen and oxygen atoms in total. The number of aromatic nitrogens is 1. The highest BCUT2D eigenvalue weighted by molar-refractivity contribution is 7.16. The van der Waals surface area contributed by atoms with Crippen LogP contribution >= 0.6 is 22.7 Å². The second-order valence-electron chi connectivity index (χ2n) is 12.7. The molecule has 1 spiro atoms. The van der Waals surface area contributed by atoms with E-state index in [2.05, 4.69) is 29.0 Å². The number of likely N-dealkylation sites (tertiary alicyclic amines) is 1. The fraction of sp³-hybridized carbons (Fsp3) is 0.471. The number of amides is 1. The van der Waals surface area contributed by atoms with Crippen LogP contribution in [0, 0.1) is 5.82 Å². The summed E-state index contributed by atoms with van der Waals surface area (Å²) in [5, 5.41) is 25.9. The highest BCUT2D eigenvalue weighted by atomic mass is 32.1. The largest absolute Gasteiger partial charge is 0.506 e. The molecule has 0 saturated carbocycles. The number of H-pyrrole nitrogens is 1. The Kier molecular flexibility index (Phi) is 9.93. The number of aliphatic hydroxyl groups excluding tert-OH is 1. The van der Waals surface area contributed by atoms with Gasteiger partial charge in [0.05, 0.1) is 35.1 Å². The first-order chi connectivity index (χ1) is 22.1. The Hall–Kier alpha value is -3.13. The van der Waals surface area contributed by atoms with E-state index in [4.69, 9.17) is 4.74 Å². The molecule has 0 aliphatic carbocycles. The number of carbonyl (C=O) groups is 1. The van der Waals surface area contributed by atoms with E-state index in [-0.39, 0.29) is 34.5 Å². The van der Waals surface area contributed by atoms with Gasteiger partial charge >= 0.3 is 4.87 Å². The molecular weight excluding hydrogens is 628 g/mol. The van der Waals surface area contributed by atoms with Gasteiger partial charge in [-0.15, -0.1) is 11.3 Å². The number of rotatable bonds is 10. The number of aromatic hydroxyl groups is 1. The molecule has 46 heavy (non-hydrogen) atoms. The Morgan fingerprint density at radius 1 is 1.17 bits per heavy atom. The Bertz CT molecular complexity index is 1740. The van der Waals surface area contributed by atoms with Crippen LogP contribution in [0.2, 0.25) is 0 Å². The zero-order chi connectivity index (χ0) is 32.4. The summed E-state index contributed by atoms with van der Waals surface area (Å²) in [4.78, 5) is 32.8. The lowest BCUT2D eigenvalue weighted by atomic mass is 9.89. The SMILES string of the molecule is CC(C)c1cc(C(=O)N2CCOC3(CCN(Cc4cccc(CCNC[C@H](O)c5ccc(O)c6[nH]c(=O)sc56)c4F)CC3)C2)cs1. The number of nitrogens with zero attached hydrogens (tertiary/aromatic N) is 2. The third-order valence-electron chi connectivity index (χ3n) is 9.15. The predicted molar refractivity (Wildman–Crippen MR) is 180 cm³/mol. The van der Waals surface area contributed by atoms with Crippen molar-refractivity contribution in [1.82, 2.24) is 20.1 Å². The van der Waals surface area contributed by atoms with Crippen LogP contribution in [-0.2, 0) is 17.7 Å². The molecule has 4 heterocycles. The van der Waals surface area contributed by atoms with Gasteiger partial charge in [-0.3, -0.25) is 14.5 Å². The van der Waals surface area contributed by atoms with Gasteiger partial charge in [0.1, 0.15) is 17.1 Å². The number of nitrogens with one attached hydrogen (secondary N) is 2. The van der Waals surface area contributed by atoms with Crippen LogP contribution in [-0.4, -0.2) is 82.4 Å². The molecule has 4 N–H and O–H groups in total. The number of hydrogen-bond donors (Lipinski definition) is 4. The topological polar surface area (TPSA) is 118 Å². The Morgan fingerprint density at radius 2 is 1.96 bits per heavy atom. The molecule has 6 rings (SSSR count). The summed E-state index contributed by atoms with van der Waals surface area (Å²) in [5.74, 6) is 0.239. The van der Waals surface area contributed by atoms with Gasteiger partial charge in [0.15, 0.2) is 0 Å². The van der Waals surface area contributed by atoms with E-state index in [0.717, 1.165) is 42.8 Å². The Balaban J connectivity index is 0.992. The smallest absolute Gasteiger partial charge is 0.305 e. The van der Waals surface area contributed by atoms with Crippen molar-refractivity contribution < 1.29 is 24.1 Å². The molecule has 0 radical (unpaired) electrons. The Morgan fingerprint density at radius 3 is 2.72 bits per heavy atom. The molecule has 12 heteroatoms. The molecule has 2 fully saturated rings. The normalized spacial score (nSPS) is 17.7. The van der Waals surface area contributed by atoms with Crippen LogP contribution in [0.3, 0.4) is 0 Å². The van der Waals surface area contributed by atoms with E-state index in [1.165, 1.54) is 10.9 Å². The van der Waals surface area contributed by atoms with E-state index in [9.17, 15) is 19.8 Å². The van der Waals surface area contributed by atoms with Gasteiger partial charge < -0.3 is 30.2 Å².